The van der Waals surface area contributed by atoms with Crippen LogP contribution in [0.25, 0.3) is 10.9 Å². The van der Waals surface area contributed by atoms with E-state index in [1.807, 2.05) is 13.1 Å². The first kappa shape index (κ1) is 12.5. The Morgan fingerprint density at radius 1 is 1.41 bits per heavy atom. The number of aryl methyl sites for hydroxylation is 1. The lowest BCUT2D eigenvalue weighted by atomic mass is 10.2. The third-order valence-electron chi connectivity index (χ3n) is 3.07. The molecule has 0 aliphatic carbocycles. The van der Waals surface area contributed by atoms with E-state index in [9.17, 15) is 0 Å². The molecule has 0 radical (unpaired) electrons. The molecule has 0 saturated heterocycles. The van der Waals surface area contributed by atoms with Crippen LogP contribution in [0, 0.1) is 0 Å². The molecule has 1 N–H and O–H groups in total. The van der Waals surface area contributed by atoms with E-state index in [2.05, 4.69) is 45.0 Å². The Bertz CT molecular complexity index is 534. The summed E-state index contributed by atoms with van der Waals surface area (Å²) < 4.78 is 8.67. The van der Waals surface area contributed by atoms with E-state index in [0.717, 1.165) is 18.7 Å². The fourth-order valence-electron chi connectivity index (χ4n) is 2.08. The second-order valence-corrected chi connectivity index (χ2v) is 4.85. The topological polar surface area (TPSA) is 26.2 Å². The lowest BCUT2D eigenvalue weighted by molar-refractivity contribution is 0.415. The molecule has 92 valence electrons. The fraction of sp³-hybridized carbons (Fsp3) is 0.385. The number of hydrogen-bond acceptors (Lipinski definition) is 2. The van der Waals surface area contributed by atoms with Crippen LogP contribution in [0.15, 0.2) is 22.7 Å². The molecule has 0 aliphatic heterocycles. The van der Waals surface area contributed by atoms with E-state index < -0.39 is 0 Å². The van der Waals surface area contributed by atoms with E-state index in [-0.39, 0.29) is 0 Å². The Labute approximate surface area is 110 Å². The maximum atomic E-state index is 5.27. The van der Waals surface area contributed by atoms with Gasteiger partial charge in [-0.25, -0.2) is 0 Å². The molecular weight excluding hydrogens is 280 g/mol. The van der Waals surface area contributed by atoms with Gasteiger partial charge in [0.05, 0.1) is 7.11 Å². The normalized spacial score (nSPS) is 11.1. The standard InChI is InChI=1S/C13H17BrN2O/c1-15-7-6-12-13(14)10-8-9(17-3)4-5-11(10)16(12)2/h4-5,8,15H,6-7H2,1-3H3. The molecule has 0 spiro atoms. The van der Waals surface area contributed by atoms with Gasteiger partial charge >= 0.3 is 0 Å². The summed E-state index contributed by atoms with van der Waals surface area (Å²) in [6.07, 6.45) is 1.00. The van der Waals surface area contributed by atoms with E-state index in [1.165, 1.54) is 21.1 Å². The number of halogens is 1. The van der Waals surface area contributed by atoms with Crippen LogP contribution in [-0.2, 0) is 13.5 Å². The highest BCUT2D eigenvalue weighted by Gasteiger charge is 2.12. The van der Waals surface area contributed by atoms with Crippen molar-refractivity contribution in [3.63, 3.8) is 0 Å². The fourth-order valence-corrected chi connectivity index (χ4v) is 2.86. The zero-order chi connectivity index (χ0) is 12.4. The molecule has 4 heteroatoms. The largest absolute Gasteiger partial charge is 0.497 e. The van der Waals surface area contributed by atoms with E-state index in [1.54, 1.807) is 7.11 Å². The molecule has 0 fully saturated rings. The van der Waals surface area contributed by atoms with Crippen molar-refractivity contribution in [1.82, 2.24) is 9.88 Å². The van der Waals surface area contributed by atoms with Gasteiger partial charge in [0.25, 0.3) is 0 Å². The maximum Gasteiger partial charge on any atom is 0.119 e. The first-order valence-electron chi connectivity index (χ1n) is 5.64. The van der Waals surface area contributed by atoms with Crippen LogP contribution in [0.2, 0.25) is 0 Å². The van der Waals surface area contributed by atoms with E-state index >= 15 is 0 Å². The number of nitrogens with one attached hydrogen (secondary N) is 1. The molecule has 0 bridgehead atoms. The third kappa shape index (κ3) is 2.19. The Morgan fingerprint density at radius 2 is 2.18 bits per heavy atom. The first-order chi connectivity index (χ1) is 8.19. The summed E-state index contributed by atoms with van der Waals surface area (Å²) in [5, 5.41) is 4.39. The van der Waals surface area contributed by atoms with Crippen molar-refractivity contribution in [2.24, 2.45) is 7.05 Å². The van der Waals surface area contributed by atoms with Crippen LogP contribution in [0.1, 0.15) is 5.69 Å². The minimum absolute atomic E-state index is 0.893. The lowest BCUT2D eigenvalue weighted by Gasteiger charge is -2.04. The zero-order valence-corrected chi connectivity index (χ0v) is 12.0. The van der Waals surface area contributed by atoms with Crippen molar-refractivity contribution >= 4 is 26.8 Å². The summed E-state index contributed by atoms with van der Waals surface area (Å²) in [6, 6.07) is 6.17. The predicted molar refractivity (Wildman–Crippen MR) is 74.8 cm³/mol. The quantitative estimate of drug-likeness (QED) is 0.939. The highest BCUT2D eigenvalue weighted by atomic mass is 79.9. The first-order valence-corrected chi connectivity index (χ1v) is 6.43. The summed E-state index contributed by atoms with van der Waals surface area (Å²) >= 11 is 3.69. The van der Waals surface area contributed by atoms with Crippen molar-refractivity contribution < 1.29 is 4.74 Å². The molecule has 17 heavy (non-hydrogen) atoms. The van der Waals surface area contributed by atoms with Crippen LogP contribution in [0.3, 0.4) is 0 Å². The van der Waals surface area contributed by atoms with E-state index in [4.69, 9.17) is 4.74 Å². The van der Waals surface area contributed by atoms with Crippen LogP contribution < -0.4 is 10.1 Å². The minimum atomic E-state index is 0.893. The molecule has 0 aliphatic rings. The average Bonchev–Trinajstić information content (AvgIpc) is 2.59. The van der Waals surface area contributed by atoms with Crippen LogP contribution >= 0.6 is 15.9 Å². The van der Waals surface area contributed by atoms with Gasteiger partial charge in [-0.1, -0.05) is 0 Å². The molecule has 2 rings (SSSR count). The second-order valence-electron chi connectivity index (χ2n) is 4.06. The molecule has 1 aromatic carbocycles. The molecule has 3 nitrogen and oxygen atoms in total. The summed E-state index contributed by atoms with van der Waals surface area (Å²) in [5.41, 5.74) is 2.53. The minimum Gasteiger partial charge on any atom is -0.497 e. The number of rotatable bonds is 4. The van der Waals surface area contributed by atoms with Gasteiger partial charge in [-0.3, -0.25) is 0 Å². The number of aromatic nitrogens is 1. The Balaban J connectivity index is 2.54. The second kappa shape index (κ2) is 5.10. The highest BCUT2D eigenvalue weighted by molar-refractivity contribution is 9.10. The number of likely N-dealkylation sites (N-methyl/N-ethyl adjacent to an activating group) is 1. The third-order valence-corrected chi connectivity index (χ3v) is 3.96. The summed E-state index contributed by atoms with van der Waals surface area (Å²) in [6.45, 7) is 0.972. The van der Waals surface area contributed by atoms with Gasteiger partial charge in [-0.15, -0.1) is 0 Å². The molecule has 1 heterocycles. The number of nitrogens with zero attached hydrogens (tertiary/aromatic N) is 1. The van der Waals surface area contributed by atoms with Gasteiger partial charge in [-0.2, -0.15) is 0 Å². The van der Waals surface area contributed by atoms with Gasteiger partial charge in [0.1, 0.15) is 5.75 Å². The lowest BCUT2D eigenvalue weighted by Crippen LogP contribution is -2.12. The van der Waals surface area contributed by atoms with Crippen molar-refractivity contribution in [3.8, 4) is 5.75 Å². The van der Waals surface area contributed by atoms with Crippen molar-refractivity contribution in [2.45, 2.75) is 6.42 Å². The number of hydrogen-bond donors (Lipinski definition) is 1. The molecule has 0 amide bonds. The molecule has 1 aromatic heterocycles. The average molecular weight is 297 g/mol. The van der Waals surface area contributed by atoms with Crippen molar-refractivity contribution in [2.75, 3.05) is 20.7 Å². The monoisotopic (exact) mass is 296 g/mol. The smallest absolute Gasteiger partial charge is 0.119 e. The van der Waals surface area contributed by atoms with Gasteiger partial charge in [0.15, 0.2) is 0 Å². The Kier molecular flexibility index (Phi) is 3.74. The molecule has 0 unspecified atom stereocenters. The Morgan fingerprint density at radius 3 is 2.82 bits per heavy atom. The molecule has 0 saturated carbocycles. The van der Waals surface area contributed by atoms with Gasteiger partial charge in [-0.05, 0) is 41.2 Å². The van der Waals surface area contributed by atoms with E-state index in [0.29, 0.717) is 0 Å². The van der Waals surface area contributed by atoms with Gasteiger partial charge < -0.3 is 14.6 Å². The predicted octanol–water partition coefficient (Wildman–Crippen LogP) is 2.71. The summed E-state index contributed by atoms with van der Waals surface area (Å²) in [5.74, 6) is 0.893. The van der Waals surface area contributed by atoms with Crippen LogP contribution in [0.5, 0.6) is 5.75 Å². The SMILES string of the molecule is CNCCc1c(Br)c2cc(OC)ccc2n1C. The summed E-state index contributed by atoms with van der Waals surface area (Å²) in [4.78, 5) is 0. The zero-order valence-electron chi connectivity index (χ0n) is 10.4. The molecular formula is C13H17BrN2O. The summed E-state index contributed by atoms with van der Waals surface area (Å²) in [7, 11) is 5.77. The van der Waals surface area contributed by atoms with Crippen molar-refractivity contribution in [1.29, 1.82) is 0 Å². The van der Waals surface area contributed by atoms with Crippen LogP contribution in [0.4, 0.5) is 0 Å². The van der Waals surface area contributed by atoms with Crippen LogP contribution in [-0.4, -0.2) is 25.3 Å². The molecule has 0 atom stereocenters. The van der Waals surface area contributed by atoms with Gasteiger partial charge in [0.2, 0.25) is 0 Å². The number of benzene rings is 1. The number of ether oxygens (including phenoxy) is 1. The van der Waals surface area contributed by atoms with Gasteiger partial charge in [0, 0.05) is 41.1 Å². The number of fused-ring (bicyclic) bond motifs is 1. The Hall–Kier alpha value is -1.00. The molecule has 2 aromatic rings. The van der Waals surface area contributed by atoms with Crippen molar-refractivity contribution in [3.05, 3.63) is 28.4 Å². The highest BCUT2D eigenvalue weighted by Crippen LogP contribution is 2.33. The maximum absolute atomic E-state index is 5.27. The number of methoxy groups -OCH3 is 1.